The van der Waals surface area contributed by atoms with E-state index in [2.05, 4.69) is 0 Å². The zero-order chi connectivity index (χ0) is 18.6. The number of phenols is 1. The van der Waals surface area contributed by atoms with Crippen LogP contribution in [0.1, 0.15) is 11.1 Å². The van der Waals surface area contributed by atoms with Crippen molar-refractivity contribution in [1.29, 1.82) is 0 Å². The number of benzene rings is 2. The van der Waals surface area contributed by atoms with E-state index in [4.69, 9.17) is 28.3 Å². The number of halogens is 2. The molecular weight excluding hydrogens is 365 g/mol. The summed E-state index contributed by atoms with van der Waals surface area (Å²) in [6, 6.07) is 9.92. The van der Waals surface area contributed by atoms with Gasteiger partial charge in [-0.2, -0.15) is 0 Å². The number of likely N-dealkylation sites (N-methyl/N-ethyl adjacent to an activating group) is 1. The predicted octanol–water partition coefficient (Wildman–Crippen LogP) is 3.89. The van der Waals surface area contributed by atoms with Gasteiger partial charge in [-0.25, -0.2) is 4.79 Å². The molecule has 0 heterocycles. The van der Waals surface area contributed by atoms with Gasteiger partial charge in [0.15, 0.2) is 0 Å². The number of carbonyl (C=O) groups is 2. The minimum atomic E-state index is -1.20. The van der Waals surface area contributed by atoms with E-state index in [1.807, 2.05) is 0 Å². The molecule has 0 saturated heterocycles. The van der Waals surface area contributed by atoms with Gasteiger partial charge in [0.05, 0.1) is 5.02 Å². The Morgan fingerprint density at radius 3 is 2.52 bits per heavy atom. The van der Waals surface area contributed by atoms with Gasteiger partial charge < -0.3 is 15.1 Å². The highest BCUT2D eigenvalue weighted by molar-refractivity contribution is 6.32. The number of carbonyl (C=O) groups excluding carboxylic acids is 1. The van der Waals surface area contributed by atoms with Crippen molar-refractivity contribution in [3.63, 3.8) is 0 Å². The van der Waals surface area contributed by atoms with Gasteiger partial charge in [0.25, 0.3) is 5.91 Å². The molecule has 2 aromatic rings. The van der Waals surface area contributed by atoms with E-state index < -0.39 is 11.9 Å². The maximum Gasteiger partial charge on any atom is 0.328 e. The van der Waals surface area contributed by atoms with Crippen LogP contribution in [0.5, 0.6) is 5.75 Å². The van der Waals surface area contributed by atoms with E-state index >= 15 is 0 Å². The lowest BCUT2D eigenvalue weighted by Gasteiger charge is -2.20. The van der Waals surface area contributed by atoms with E-state index in [-0.39, 0.29) is 10.8 Å². The molecule has 0 aromatic heterocycles. The highest BCUT2D eigenvalue weighted by atomic mass is 35.5. The third kappa shape index (κ3) is 4.75. The first-order valence-corrected chi connectivity index (χ1v) is 7.98. The summed E-state index contributed by atoms with van der Waals surface area (Å²) in [6.45, 7) is 0. The first kappa shape index (κ1) is 18.8. The number of rotatable bonds is 5. The molecule has 0 unspecified atom stereocenters. The monoisotopic (exact) mass is 379 g/mol. The summed E-state index contributed by atoms with van der Waals surface area (Å²) in [5.41, 5.74) is 1.94. The van der Waals surface area contributed by atoms with Crippen LogP contribution >= 0.6 is 23.2 Å². The minimum Gasteiger partial charge on any atom is -0.506 e. The second kappa shape index (κ2) is 8.05. The topological polar surface area (TPSA) is 77.8 Å². The third-order valence-electron chi connectivity index (χ3n) is 3.54. The number of carboxylic acids is 1. The van der Waals surface area contributed by atoms with Crippen LogP contribution in [0.15, 0.2) is 48.6 Å². The summed E-state index contributed by atoms with van der Waals surface area (Å²) in [7, 11) is 1.53. The van der Waals surface area contributed by atoms with E-state index in [9.17, 15) is 14.7 Å². The Kier molecular flexibility index (Phi) is 6.07. The number of phenolic OH excluding ortho intramolecular Hbond substituents is 1. The Morgan fingerprint density at radius 2 is 1.84 bits per heavy atom. The van der Waals surface area contributed by atoms with Gasteiger partial charge in [-0.1, -0.05) is 35.3 Å². The van der Waals surface area contributed by atoms with Gasteiger partial charge in [0.2, 0.25) is 0 Å². The van der Waals surface area contributed by atoms with E-state index in [0.29, 0.717) is 28.3 Å². The highest BCUT2D eigenvalue weighted by Gasteiger charge is 2.15. The summed E-state index contributed by atoms with van der Waals surface area (Å²) >= 11 is 12.2. The van der Waals surface area contributed by atoms with Crippen LogP contribution in [0.25, 0.3) is 0 Å². The summed E-state index contributed by atoms with van der Waals surface area (Å²) in [5.74, 6) is -1.73. The van der Waals surface area contributed by atoms with Crippen molar-refractivity contribution in [2.45, 2.75) is 6.42 Å². The van der Waals surface area contributed by atoms with Gasteiger partial charge in [0, 0.05) is 36.3 Å². The molecule has 0 fully saturated rings. The number of aliphatic carboxylic acids is 1. The number of aromatic hydroxyl groups is 1. The molecule has 7 heteroatoms. The van der Waals surface area contributed by atoms with E-state index in [1.165, 1.54) is 18.0 Å². The maximum atomic E-state index is 12.1. The van der Waals surface area contributed by atoms with Crippen molar-refractivity contribution in [3.05, 3.63) is 69.7 Å². The zero-order valence-electron chi connectivity index (χ0n) is 13.2. The largest absolute Gasteiger partial charge is 0.506 e. The van der Waals surface area contributed by atoms with E-state index in [0.717, 1.165) is 12.2 Å². The Balaban J connectivity index is 2.39. The summed E-state index contributed by atoms with van der Waals surface area (Å²) < 4.78 is 0. The molecule has 0 aliphatic rings. The molecule has 2 N–H and O–H groups in total. The summed E-state index contributed by atoms with van der Waals surface area (Å²) in [6.07, 6.45) is 2.09. The molecule has 0 aliphatic carbocycles. The van der Waals surface area contributed by atoms with Crippen molar-refractivity contribution in [1.82, 2.24) is 0 Å². The molecule has 0 spiro atoms. The maximum absolute atomic E-state index is 12.1. The molecule has 2 rings (SSSR count). The summed E-state index contributed by atoms with van der Waals surface area (Å²) in [5, 5.41) is 19.1. The van der Waals surface area contributed by atoms with Crippen LogP contribution in [-0.4, -0.2) is 29.1 Å². The lowest BCUT2D eigenvalue weighted by molar-refractivity contribution is -0.131. The molecular formula is C18H15Cl2NO4. The van der Waals surface area contributed by atoms with Gasteiger partial charge in [-0.05, 0) is 35.4 Å². The van der Waals surface area contributed by atoms with Crippen LogP contribution in [0.2, 0.25) is 10.0 Å². The van der Waals surface area contributed by atoms with Gasteiger partial charge >= 0.3 is 5.97 Å². The molecule has 130 valence electrons. The average molecular weight is 380 g/mol. The van der Waals surface area contributed by atoms with Gasteiger partial charge in [-0.3, -0.25) is 4.79 Å². The van der Waals surface area contributed by atoms with Crippen LogP contribution in [0.4, 0.5) is 5.69 Å². The van der Waals surface area contributed by atoms with Crippen molar-refractivity contribution in [2.75, 3.05) is 11.9 Å². The van der Waals surface area contributed by atoms with Crippen molar-refractivity contribution in [2.24, 2.45) is 0 Å². The Morgan fingerprint density at radius 1 is 1.12 bits per heavy atom. The van der Waals surface area contributed by atoms with Crippen LogP contribution < -0.4 is 4.90 Å². The fraction of sp³-hybridized carbons (Fsp3) is 0.111. The molecule has 0 aliphatic heterocycles. The number of amides is 1. The Bertz CT molecular complexity index is 849. The average Bonchev–Trinajstić information content (AvgIpc) is 2.56. The number of hydrogen-bond acceptors (Lipinski definition) is 3. The minimum absolute atomic E-state index is 0.0310. The smallest absolute Gasteiger partial charge is 0.328 e. The molecule has 0 atom stereocenters. The number of hydrogen-bond donors (Lipinski definition) is 2. The highest BCUT2D eigenvalue weighted by Crippen LogP contribution is 2.32. The molecule has 2 aromatic carbocycles. The molecule has 25 heavy (non-hydrogen) atoms. The van der Waals surface area contributed by atoms with Crippen molar-refractivity contribution >= 4 is 40.8 Å². The molecule has 0 saturated carbocycles. The fourth-order valence-electron chi connectivity index (χ4n) is 2.30. The fourth-order valence-corrected chi connectivity index (χ4v) is 2.69. The number of nitrogens with zero attached hydrogens (tertiary/aromatic N) is 1. The molecule has 5 nitrogen and oxygen atoms in total. The van der Waals surface area contributed by atoms with Crippen LogP contribution in [0, 0.1) is 0 Å². The first-order valence-electron chi connectivity index (χ1n) is 7.23. The van der Waals surface area contributed by atoms with Gasteiger partial charge in [0.1, 0.15) is 5.75 Å². The SMILES string of the molecule is CN(C(=O)C=CC(=O)O)c1ccc(Cl)cc1Cc1cccc(O)c1Cl. The van der Waals surface area contributed by atoms with Crippen molar-refractivity contribution < 1.29 is 19.8 Å². The lowest BCUT2D eigenvalue weighted by Crippen LogP contribution is -2.25. The van der Waals surface area contributed by atoms with Crippen LogP contribution in [0.3, 0.4) is 0 Å². The Hall–Kier alpha value is -2.50. The standard InChI is InChI=1S/C18H15Cl2NO4/c1-21(16(23)7-8-17(24)25)14-6-5-13(19)10-12(14)9-11-3-2-4-15(22)18(11)20/h2-8,10,22H,9H2,1H3,(H,24,25). The predicted molar refractivity (Wildman–Crippen MR) is 97.6 cm³/mol. The molecule has 1 amide bonds. The van der Waals surface area contributed by atoms with Gasteiger partial charge in [-0.15, -0.1) is 0 Å². The summed E-state index contributed by atoms with van der Waals surface area (Å²) in [4.78, 5) is 24.0. The molecule has 0 bridgehead atoms. The third-order valence-corrected chi connectivity index (χ3v) is 4.21. The quantitative estimate of drug-likeness (QED) is 0.772. The second-order valence-corrected chi connectivity index (χ2v) is 6.08. The van der Waals surface area contributed by atoms with Crippen molar-refractivity contribution in [3.8, 4) is 5.75 Å². The normalized spacial score (nSPS) is 10.8. The van der Waals surface area contributed by atoms with Crippen LogP contribution in [-0.2, 0) is 16.0 Å². The number of carboxylic acid groups (broad SMARTS) is 1. The Labute approximate surface area is 154 Å². The second-order valence-electron chi connectivity index (χ2n) is 5.27. The molecule has 0 radical (unpaired) electrons. The zero-order valence-corrected chi connectivity index (χ0v) is 14.8. The number of anilines is 1. The first-order chi connectivity index (χ1) is 11.8. The lowest BCUT2D eigenvalue weighted by atomic mass is 10.0. The van der Waals surface area contributed by atoms with E-state index in [1.54, 1.807) is 30.3 Å².